The highest BCUT2D eigenvalue weighted by molar-refractivity contribution is 5.98. The third-order valence-electron chi connectivity index (χ3n) is 1.68. The van der Waals surface area contributed by atoms with Crippen molar-refractivity contribution in [2.75, 3.05) is 7.05 Å². The summed E-state index contributed by atoms with van der Waals surface area (Å²) in [4.78, 5) is 14.6. The van der Waals surface area contributed by atoms with Gasteiger partial charge in [0, 0.05) is 13.1 Å². The van der Waals surface area contributed by atoms with E-state index in [2.05, 4.69) is 10.3 Å². The minimum Gasteiger partial charge on any atom is -0.409 e. The standard InChI is InChI=1S/C11H12FN3O2/c1-14-9(12)7-10(13)15-11(16)17-8-5-3-2-4-6-8/h2-7,14H,1H3,(H2,13,15,16)/b9-7-. The van der Waals surface area contributed by atoms with E-state index in [0.717, 1.165) is 6.08 Å². The zero-order valence-electron chi connectivity index (χ0n) is 9.18. The van der Waals surface area contributed by atoms with Crippen LogP contribution >= 0.6 is 0 Å². The van der Waals surface area contributed by atoms with Gasteiger partial charge < -0.3 is 15.8 Å². The number of para-hydroxylation sites is 1. The number of ether oxygens (including phenoxy) is 1. The Morgan fingerprint density at radius 1 is 1.47 bits per heavy atom. The number of carbonyl (C=O) groups is 1. The Morgan fingerprint density at radius 3 is 2.71 bits per heavy atom. The van der Waals surface area contributed by atoms with E-state index in [0.29, 0.717) is 5.75 Å². The highest BCUT2D eigenvalue weighted by Gasteiger charge is 2.03. The number of nitrogens with zero attached hydrogens (tertiary/aromatic N) is 1. The largest absolute Gasteiger partial charge is 0.441 e. The van der Waals surface area contributed by atoms with Crippen molar-refractivity contribution in [3.05, 3.63) is 42.4 Å². The smallest absolute Gasteiger partial charge is 0.409 e. The molecule has 0 radical (unpaired) electrons. The summed E-state index contributed by atoms with van der Waals surface area (Å²) >= 11 is 0. The average Bonchev–Trinajstić information content (AvgIpc) is 2.29. The van der Waals surface area contributed by atoms with E-state index in [1.165, 1.54) is 7.05 Å². The van der Waals surface area contributed by atoms with Crippen molar-refractivity contribution < 1.29 is 13.9 Å². The van der Waals surface area contributed by atoms with E-state index in [-0.39, 0.29) is 5.84 Å². The van der Waals surface area contributed by atoms with Crippen LogP contribution in [-0.2, 0) is 0 Å². The van der Waals surface area contributed by atoms with Gasteiger partial charge in [0.15, 0.2) is 5.95 Å². The minimum absolute atomic E-state index is 0.280. The molecule has 1 aromatic carbocycles. The molecule has 5 nitrogen and oxygen atoms in total. The summed E-state index contributed by atoms with van der Waals surface area (Å²) in [6.07, 6.45) is -0.0273. The van der Waals surface area contributed by atoms with Crippen molar-refractivity contribution >= 4 is 11.9 Å². The maximum Gasteiger partial charge on any atom is 0.441 e. The second kappa shape index (κ2) is 6.26. The number of rotatable bonds is 3. The summed E-state index contributed by atoms with van der Waals surface area (Å²) in [5.74, 6) is -0.635. The summed E-state index contributed by atoms with van der Waals surface area (Å²) in [7, 11) is 1.38. The molecule has 0 fully saturated rings. The number of hydrogen-bond acceptors (Lipinski definition) is 3. The quantitative estimate of drug-likeness (QED) is 0.475. The van der Waals surface area contributed by atoms with E-state index in [9.17, 15) is 9.18 Å². The maximum atomic E-state index is 12.7. The van der Waals surface area contributed by atoms with Gasteiger partial charge in [-0.05, 0) is 12.1 Å². The molecule has 0 aromatic heterocycles. The van der Waals surface area contributed by atoms with Crippen molar-refractivity contribution in [3.63, 3.8) is 0 Å². The van der Waals surface area contributed by atoms with E-state index in [4.69, 9.17) is 10.5 Å². The molecule has 1 aromatic rings. The third-order valence-corrected chi connectivity index (χ3v) is 1.68. The lowest BCUT2D eigenvalue weighted by molar-refractivity contribution is 0.211. The highest BCUT2D eigenvalue weighted by Crippen LogP contribution is 2.08. The van der Waals surface area contributed by atoms with Crippen LogP contribution in [0.3, 0.4) is 0 Å². The molecular formula is C11H12FN3O2. The van der Waals surface area contributed by atoms with Gasteiger partial charge in [0.2, 0.25) is 0 Å². The van der Waals surface area contributed by atoms with Gasteiger partial charge in [-0.25, -0.2) is 4.79 Å². The first-order valence-electron chi connectivity index (χ1n) is 4.78. The van der Waals surface area contributed by atoms with Crippen LogP contribution in [0.1, 0.15) is 0 Å². The van der Waals surface area contributed by atoms with Gasteiger partial charge in [0.05, 0.1) is 0 Å². The number of hydrogen-bond donors (Lipinski definition) is 2. The van der Waals surface area contributed by atoms with Crippen LogP contribution in [0.25, 0.3) is 0 Å². The fraction of sp³-hybridized carbons (Fsp3) is 0.0909. The van der Waals surface area contributed by atoms with E-state index in [1.54, 1.807) is 30.3 Å². The minimum atomic E-state index is -0.908. The van der Waals surface area contributed by atoms with Crippen molar-refractivity contribution in [2.45, 2.75) is 0 Å². The molecule has 0 unspecified atom stereocenters. The van der Waals surface area contributed by atoms with Crippen molar-refractivity contribution in [2.24, 2.45) is 10.7 Å². The summed E-state index contributed by atoms with van der Waals surface area (Å²) in [6, 6.07) is 8.37. The van der Waals surface area contributed by atoms with Crippen molar-refractivity contribution in [1.82, 2.24) is 5.32 Å². The Balaban J connectivity index is 2.64. The molecule has 0 heterocycles. The van der Waals surface area contributed by atoms with Crippen LogP contribution in [-0.4, -0.2) is 19.0 Å². The topological polar surface area (TPSA) is 76.7 Å². The average molecular weight is 237 g/mol. The van der Waals surface area contributed by atoms with E-state index < -0.39 is 12.0 Å². The molecule has 6 heteroatoms. The van der Waals surface area contributed by atoms with Crippen LogP contribution < -0.4 is 15.8 Å². The lowest BCUT2D eigenvalue weighted by Crippen LogP contribution is -2.15. The second-order valence-corrected chi connectivity index (χ2v) is 2.96. The molecule has 0 spiro atoms. The first kappa shape index (κ1) is 12.7. The van der Waals surface area contributed by atoms with Gasteiger partial charge in [-0.2, -0.15) is 9.38 Å². The van der Waals surface area contributed by atoms with Crippen LogP contribution in [0.2, 0.25) is 0 Å². The molecule has 0 saturated heterocycles. The number of halogens is 1. The van der Waals surface area contributed by atoms with Gasteiger partial charge in [-0.1, -0.05) is 18.2 Å². The summed E-state index contributed by atoms with van der Waals surface area (Å²) in [5, 5.41) is 2.20. The molecule has 0 aliphatic heterocycles. The highest BCUT2D eigenvalue weighted by atomic mass is 19.1. The van der Waals surface area contributed by atoms with Gasteiger partial charge >= 0.3 is 6.09 Å². The number of aliphatic imine (C=N–C) groups is 1. The number of amides is 1. The molecule has 3 N–H and O–H groups in total. The SMILES string of the molecule is CN/C(F)=C\C(N)=N/C(=O)Oc1ccccc1. The zero-order chi connectivity index (χ0) is 12.7. The number of carbonyl (C=O) groups excluding carboxylic acids is 1. The first-order valence-corrected chi connectivity index (χ1v) is 4.78. The Morgan fingerprint density at radius 2 is 2.12 bits per heavy atom. The normalized spacial score (nSPS) is 12.1. The molecule has 0 saturated carbocycles. The molecule has 0 aliphatic rings. The number of amidine groups is 1. The van der Waals surface area contributed by atoms with Crippen LogP contribution in [0, 0.1) is 0 Å². The maximum absolute atomic E-state index is 12.7. The lowest BCUT2D eigenvalue weighted by atomic mass is 10.3. The Bertz CT molecular complexity index is 443. The van der Waals surface area contributed by atoms with Gasteiger partial charge in [0.25, 0.3) is 0 Å². The van der Waals surface area contributed by atoms with Crippen molar-refractivity contribution in [3.8, 4) is 5.75 Å². The predicted octanol–water partition coefficient (Wildman–Crippen LogP) is 1.57. The fourth-order valence-electron chi connectivity index (χ4n) is 0.952. The zero-order valence-corrected chi connectivity index (χ0v) is 9.18. The summed E-state index contributed by atoms with van der Waals surface area (Å²) in [5.41, 5.74) is 5.30. The molecule has 17 heavy (non-hydrogen) atoms. The van der Waals surface area contributed by atoms with Crippen LogP contribution in [0.15, 0.2) is 47.4 Å². The van der Waals surface area contributed by atoms with Crippen LogP contribution in [0.5, 0.6) is 5.75 Å². The Hall–Kier alpha value is -2.37. The Labute approximate surface area is 97.8 Å². The third kappa shape index (κ3) is 4.78. The molecule has 1 rings (SSSR count). The van der Waals surface area contributed by atoms with Gasteiger partial charge in [0.1, 0.15) is 11.6 Å². The number of benzene rings is 1. The first-order chi connectivity index (χ1) is 8.11. The van der Waals surface area contributed by atoms with E-state index >= 15 is 0 Å². The summed E-state index contributed by atoms with van der Waals surface area (Å²) in [6.45, 7) is 0. The molecule has 90 valence electrons. The molecule has 0 atom stereocenters. The monoisotopic (exact) mass is 237 g/mol. The second-order valence-electron chi connectivity index (χ2n) is 2.96. The molecule has 1 amide bonds. The fourth-order valence-corrected chi connectivity index (χ4v) is 0.952. The van der Waals surface area contributed by atoms with Gasteiger partial charge in [-0.15, -0.1) is 0 Å². The number of nitrogens with one attached hydrogen (secondary N) is 1. The van der Waals surface area contributed by atoms with E-state index in [1.807, 2.05) is 0 Å². The molecular weight excluding hydrogens is 225 g/mol. The summed E-state index contributed by atoms with van der Waals surface area (Å²) < 4.78 is 17.5. The van der Waals surface area contributed by atoms with Crippen LogP contribution in [0.4, 0.5) is 9.18 Å². The number of nitrogens with two attached hydrogens (primary N) is 1. The lowest BCUT2D eigenvalue weighted by Gasteiger charge is -2.00. The van der Waals surface area contributed by atoms with Crippen molar-refractivity contribution in [1.29, 1.82) is 0 Å². The molecule has 0 aliphatic carbocycles. The molecule has 0 bridgehead atoms. The predicted molar refractivity (Wildman–Crippen MR) is 62.3 cm³/mol. The van der Waals surface area contributed by atoms with Gasteiger partial charge in [-0.3, -0.25) is 0 Å². The Kier molecular flexibility index (Phi) is 4.68.